The van der Waals surface area contributed by atoms with Crippen LogP contribution in [0.25, 0.3) is 0 Å². The lowest BCUT2D eigenvalue weighted by atomic mass is 9.96. The van der Waals surface area contributed by atoms with Gasteiger partial charge in [0.1, 0.15) is 18.0 Å². The first-order valence-corrected chi connectivity index (χ1v) is 8.69. The van der Waals surface area contributed by atoms with Gasteiger partial charge in [-0.1, -0.05) is 6.42 Å². The number of aromatic nitrogens is 2. The van der Waals surface area contributed by atoms with Gasteiger partial charge >= 0.3 is 0 Å². The van der Waals surface area contributed by atoms with Crippen molar-refractivity contribution >= 4 is 11.6 Å². The molecule has 2 saturated heterocycles. The second-order valence-electron chi connectivity index (χ2n) is 6.94. The highest BCUT2D eigenvalue weighted by atomic mass is 15.2. The van der Waals surface area contributed by atoms with Crippen molar-refractivity contribution in [3.63, 3.8) is 0 Å². The molecule has 0 aromatic carbocycles. The summed E-state index contributed by atoms with van der Waals surface area (Å²) in [5.74, 6) is 2.86. The second kappa shape index (κ2) is 7.27. The van der Waals surface area contributed by atoms with Crippen LogP contribution in [0.5, 0.6) is 0 Å². The number of rotatable bonds is 4. The molecule has 0 amide bonds. The Kier molecular flexibility index (Phi) is 5.13. The van der Waals surface area contributed by atoms with E-state index < -0.39 is 0 Å². The number of piperidine rings is 2. The lowest BCUT2D eigenvalue weighted by Gasteiger charge is -2.37. The number of anilines is 2. The maximum absolute atomic E-state index is 4.50. The van der Waals surface area contributed by atoms with Crippen molar-refractivity contribution in [2.75, 3.05) is 56.6 Å². The zero-order valence-electron chi connectivity index (χ0n) is 14.0. The van der Waals surface area contributed by atoms with Gasteiger partial charge in [0.2, 0.25) is 0 Å². The fourth-order valence-electron chi connectivity index (χ4n) is 3.68. The molecule has 0 N–H and O–H groups in total. The molecule has 0 unspecified atom stereocenters. The van der Waals surface area contributed by atoms with Crippen LogP contribution in [0.1, 0.15) is 32.1 Å². The summed E-state index contributed by atoms with van der Waals surface area (Å²) in [6.07, 6.45) is 8.52. The minimum atomic E-state index is 0.782. The highest BCUT2D eigenvalue weighted by molar-refractivity contribution is 5.49. The van der Waals surface area contributed by atoms with Gasteiger partial charge in [-0.15, -0.1) is 0 Å². The second-order valence-corrected chi connectivity index (χ2v) is 6.94. The van der Waals surface area contributed by atoms with E-state index in [1.54, 1.807) is 6.33 Å². The van der Waals surface area contributed by atoms with Crippen LogP contribution in [0.15, 0.2) is 12.4 Å². The van der Waals surface area contributed by atoms with Crippen molar-refractivity contribution in [2.24, 2.45) is 5.92 Å². The fraction of sp³-hybridized carbons (Fsp3) is 0.765. The molecule has 1 aromatic rings. The lowest BCUT2D eigenvalue weighted by molar-refractivity contribution is 0.185. The van der Waals surface area contributed by atoms with E-state index >= 15 is 0 Å². The zero-order valence-corrected chi connectivity index (χ0v) is 14.0. The third kappa shape index (κ3) is 3.88. The largest absolute Gasteiger partial charge is 0.363 e. The molecule has 22 heavy (non-hydrogen) atoms. The lowest BCUT2D eigenvalue weighted by Crippen LogP contribution is -2.42. The smallest absolute Gasteiger partial charge is 0.134 e. The average Bonchev–Trinajstić information content (AvgIpc) is 2.56. The Balaban J connectivity index is 1.61. The summed E-state index contributed by atoms with van der Waals surface area (Å²) >= 11 is 0. The maximum atomic E-state index is 4.50. The van der Waals surface area contributed by atoms with Crippen molar-refractivity contribution in [1.82, 2.24) is 14.9 Å². The van der Waals surface area contributed by atoms with Crippen LogP contribution in [-0.4, -0.2) is 61.7 Å². The number of nitrogens with zero attached hydrogens (tertiary/aromatic N) is 5. The summed E-state index contributed by atoms with van der Waals surface area (Å²) in [5.41, 5.74) is 0. The van der Waals surface area contributed by atoms with E-state index in [1.807, 2.05) is 19.0 Å². The van der Waals surface area contributed by atoms with Gasteiger partial charge in [-0.3, -0.25) is 0 Å². The normalized spacial score (nSPS) is 23.5. The van der Waals surface area contributed by atoms with E-state index in [0.717, 1.165) is 30.6 Å². The molecule has 5 heteroatoms. The first kappa shape index (κ1) is 15.5. The molecule has 2 aliphatic rings. The molecule has 0 bridgehead atoms. The van der Waals surface area contributed by atoms with E-state index in [9.17, 15) is 0 Å². The maximum Gasteiger partial charge on any atom is 0.134 e. The van der Waals surface area contributed by atoms with E-state index in [2.05, 4.69) is 25.8 Å². The van der Waals surface area contributed by atoms with E-state index in [0.29, 0.717) is 0 Å². The molecule has 0 radical (unpaired) electrons. The van der Waals surface area contributed by atoms with Crippen LogP contribution in [-0.2, 0) is 0 Å². The highest BCUT2D eigenvalue weighted by Gasteiger charge is 2.24. The predicted molar refractivity (Wildman–Crippen MR) is 91.6 cm³/mol. The molecule has 1 atom stereocenters. The van der Waals surface area contributed by atoms with Crippen LogP contribution in [0.2, 0.25) is 0 Å². The highest BCUT2D eigenvalue weighted by Crippen LogP contribution is 2.24. The topological polar surface area (TPSA) is 35.5 Å². The molecule has 5 nitrogen and oxygen atoms in total. The van der Waals surface area contributed by atoms with Gasteiger partial charge in [-0.2, -0.15) is 0 Å². The van der Waals surface area contributed by atoms with Crippen molar-refractivity contribution in [1.29, 1.82) is 0 Å². The van der Waals surface area contributed by atoms with Gasteiger partial charge in [0.15, 0.2) is 0 Å². The van der Waals surface area contributed by atoms with Crippen molar-refractivity contribution < 1.29 is 0 Å². The Morgan fingerprint density at radius 1 is 1.09 bits per heavy atom. The summed E-state index contributed by atoms with van der Waals surface area (Å²) in [4.78, 5) is 16.0. The van der Waals surface area contributed by atoms with E-state index in [-0.39, 0.29) is 0 Å². The number of hydrogen-bond acceptors (Lipinski definition) is 5. The molecule has 0 spiro atoms. The Morgan fingerprint density at radius 2 is 1.91 bits per heavy atom. The van der Waals surface area contributed by atoms with Crippen molar-refractivity contribution in [3.05, 3.63) is 12.4 Å². The first-order valence-electron chi connectivity index (χ1n) is 8.69. The van der Waals surface area contributed by atoms with E-state index in [1.165, 1.54) is 51.7 Å². The van der Waals surface area contributed by atoms with Crippen molar-refractivity contribution in [3.8, 4) is 0 Å². The minimum Gasteiger partial charge on any atom is -0.363 e. The Labute approximate surface area is 134 Å². The van der Waals surface area contributed by atoms with Crippen LogP contribution in [0, 0.1) is 5.92 Å². The fourth-order valence-corrected chi connectivity index (χ4v) is 3.68. The summed E-state index contributed by atoms with van der Waals surface area (Å²) in [5, 5.41) is 0. The summed E-state index contributed by atoms with van der Waals surface area (Å²) in [6.45, 7) is 6.13. The quantitative estimate of drug-likeness (QED) is 0.852. The average molecular weight is 303 g/mol. The van der Waals surface area contributed by atoms with Gasteiger partial charge in [-0.25, -0.2) is 9.97 Å². The Bertz CT molecular complexity index is 470. The zero-order chi connectivity index (χ0) is 15.4. The predicted octanol–water partition coefficient (Wildman–Crippen LogP) is 2.24. The molecular formula is C17H29N5. The molecular weight excluding hydrogens is 274 g/mol. The van der Waals surface area contributed by atoms with Gasteiger partial charge in [0.25, 0.3) is 0 Å². The Hall–Kier alpha value is -1.36. The molecule has 3 rings (SSSR count). The van der Waals surface area contributed by atoms with Gasteiger partial charge in [0, 0.05) is 39.8 Å². The molecule has 122 valence electrons. The van der Waals surface area contributed by atoms with Crippen LogP contribution < -0.4 is 9.80 Å². The molecule has 2 aliphatic heterocycles. The Morgan fingerprint density at radius 3 is 2.68 bits per heavy atom. The standard InChI is InChI=1S/C17H29N5/c1-20(2)16-11-17(19-14-18-16)22-10-6-7-15(13-22)12-21-8-4-3-5-9-21/h11,14-15H,3-10,12-13H2,1-2H3/t15-/m0/s1. The monoisotopic (exact) mass is 303 g/mol. The third-order valence-corrected chi connectivity index (χ3v) is 4.90. The molecule has 2 fully saturated rings. The summed E-state index contributed by atoms with van der Waals surface area (Å²) in [6, 6.07) is 2.11. The van der Waals surface area contributed by atoms with Crippen molar-refractivity contribution in [2.45, 2.75) is 32.1 Å². The number of likely N-dealkylation sites (tertiary alicyclic amines) is 1. The van der Waals surface area contributed by atoms with Crippen LogP contribution in [0.3, 0.4) is 0 Å². The molecule has 3 heterocycles. The third-order valence-electron chi connectivity index (χ3n) is 4.90. The summed E-state index contributed by atoms with van der Waals surface area (Å²) in [7, 11) is 4.06. The van der Waals surface area contributed by atoms with Gasteiger partial charge < -0.3 is 14.7 Å². The first-order chi connectivity index (χ1) is 10.7. The summed E-state index contributed by atoms with van der Waals surface area (Å²) < 4.78 is 0. The van der Waals surface area contributed by atoms with Gasteiger partial charge in [-0.05, 0) is 44.7 Å². The molecule has 1 aromatic heterocycles. The molecule has 0 aliphatic carbocycles. The van der Waals surface area contributed by atoms with E-state index in [4.69, 9.17) is 0 Å². The van der Waals surface area contributed by atoms with Crippen LogP contribution >= 0.6 is 0 Å². The molecule has 0 saturated carbocycles. The minimum absolute atomic E-state index is 0.782. The van der Waals surface area contributed by atoms with Crippen LogP contribution in [0.4, 0.5) is 11.6 Å². The SMILES string of the molecule is CN(C)c1cc(N2CCC[C@@H](CN3CCCCC3)C2)ncn1. The number of hydrogen-bond donors (Lipinski definition) is 0. The van der Waals surface area contributed by atoms with Gasteiger partial charge in [0.05, 0.1) is 0 Å².